The van der Waals surface area contributed by atoms with Crippen molar-refractivity contribution >= 4 is 51.3 Å². The van der Waals surface area contributed by atoms with Crippen LogP contribution in [0.2, 0.25) is 10.0 Å². The van der Waals surface area contributed by atoms with Gasteiger partial charge in [-0.3, -0.25) is 4.79 Å². The van der Waals surface area contributed by atoms with Crippen molar-refractivity contribution in [1.82, 2.24) is 0 Å². The van der Waals surface area contributed by atoms with Gasteiger partial charge in [0.2, 0.25) is 5.91 Å². The van der Waals surface area contributed by atoms with Crippen LogP contribution in [0, 0.1) is 0 Å². The van der Waals surface area contributed by atoms with E-state index in [1.807, 2.05) is 56.3 Å². The summed E-state index contributed by atoms with van der Waals surface area (Å²) < 4.78 is 11.6. The van der Waals surface area contributed by atoms with Crippen LogP contribution in [0.3, 0.4) is 0 Å². The Morgan fingerprint density at radius 1 is 1.06 bits per heavy atom. The monoisotopic (exact) mass is 465 g/mol. The summed E-state index contributed by atoms with van der Waals surface area (Å²) in [5.74, 6) is 0.379. The summed E-state index contributed by atoms with van der Waals surface area (Å²) in [6.07, 6.45) is 3.28. The molecule has 1 aromatic heterocycles. The van der Waals surface area contributed by atoms with E-state index in [1.165, 1.54) is 6.08 Å². The van der Waals surface area contributed by atoms with Crippen LogP contribution in [-0.4, -0.2) is 12.5 Å². The molecule has 4 rings (SSSR count). The molecule has 0 unspecified atom stereocenters. The first-order valence-electron chi connectivity index (χ1n) is 10.1. The fraction of sp³-hybridized carbons (Fsp3) is 0.115. The van der Waals surface area contributed by atoms with Crippen molar-refractivity contribution in [2.24, 2.45) is 0 Å². The number of nitrogens with one attached hydrogen (secondary N) is 1. The van der Waals surface area contributed by atoms with Gasteiger partial charge in [-0.1, -0.05) is 53.5 Å². The summed E-state index contributed by atoms with van der Waals surface area (Å²) in [4.78, 5) is 12.6. The standard InChI is InChI=1S/C26H21Cl2NO3/c1-3-31-24-14-25-20(21(15-32-25)17-7-5-4-6-8-17)13-19(24)16(2)11-26(30)29-18-9-10-22(27)23(28)12-18/h4-15H,3H2,1-2H3,(H,29,30)/b16-11+. The molecule has 0 bridgehead atoms. The molecule has 1 amide bonds. The van der Waals surface area contributed by atoms with Gasteiger partial charge < -0.3 is 14.5 Å². The van der Waals surface area contributed by atoms with Crippen LogP contribution in [0.1, 0.15) is 19.4 Å². The molecule has 0 atom stereocenters. The highest BCUT2D eigenvalue weighted by atomic mass is 35.5. The molecule has 32 heavy (non-hydrogen) atoms. The van der Waals surface area contributed by atoms with Gasteiger partial charge in [-0.25, -0.2) is 0 Å². The lowest BCUT2D eigenvalue weighted by Crippen LogP contribution is -2.08. The van der Waals surface area contributed by atoms with Gasteiger partial charge in [0.05, 0.1) is 22.9 Å². The fourth-order valence-corrected chi connectivity index (χ4v) is 3.80. The molecule has 4 nitrogen and oxygen atoms in total. The smallest absolute Gasteiger partial charge is 0.248 e. The van der Waals surface area contributed by atoms with Crippen molar-refractivity contribution in [2.75, 3.05) is 11.9 Å². The molecule has 0 fully saturated rings. The number of rotatable bonds is 6. The number of carbonyl (C=O) groups excluding carboxylic acids is 1. The number of amides is 1. The largest absolute Gasteiger partial charge is 0.493 e. The molecular weight excluding hydrogens is 445 g/mol. The Bertz CT molecular complexity index is 1310. The van der Waals surface area contributed by atoms with E-state index in [2.05, 4.69) is 5.32 Å². The second-order valence-electron chi connectivity index (χ2n) is 7.24. The maximum Gasteiger partial charge on any atom is 0.248 e. The lowest BCUT2D eigenvalue weighted by Gasteiger charge is -2.12. The molecule has 3 aromatic carbocycles. The molecule has 0 spiro atoms. The average molecular weight is 466 g/mol. The maximum atomic E-state index is 12.6. The minimum atomic E-state index is -0.279. The molecular formula is C26H21Cl2NO3. The van der Waals surface area contributed by atoms with E-state index in [0.717, 1.165) is 33.2 Å². The molecule has 1 N–H and O–H groups in total. The zero-order valence-electron chi connectivity index (χ0n) is 17.6. The lowest BCUT2D eigenvalue weighted by atomic mass is 9.99. The van der Waals surface area contributed by atoms with E-state index in [4.69, 9.17) is 32.4 Å². The molecule has 6 heteroatoms. The number of carbonyl (C=O) groups is 1. The van der Waals surface area contributed by atoms with Gasteiger partial charge in [-0.2, -0.15) is 0 Å². The normalized spacial score (nSPS) is 11.6. The van der Waals surface area contributed by atoms with Crippen molar-refractivity contribution in [1.29, 1.82) is 0 Å². The molecule has 0 aliphatic rings. The van der Waals surface area contributed by atoms with Gasteiger partial charge in [0, 0.05) is 34.3 Å². The third kappa shape index (κ3) is 4.67. The number of furan rings is 1. The summed E-state index contributed by atoms with van der Waals surface area (Å²) in [5, 5.41) is 4.57. The second kappa shape index (κ2) is 9.51. The van der Waals surface area contributed by atoms with Crippen molar-refractivity contribution in [3.63, 3.8) is 0 Å². The fourth-order valence-electron chi connectivity index (χ4n) is 3.51. The number of halogens is 2. The summed E-state index contributed by atoms with van der Waals surface area (Å²) >= 11 is 12.0. The predicted octanol–water partition coefficient (Wildman–Crippen LogP) is 7.85. The number of hydrogen-bond donors (Lipinski definition) is 1. The minimum absolute atomic E-state index is 0.279. The van der Waals surface area contributed by atoms with E-state index < -0.39 is 0 Å². The second-order valence-corrected chi connectivity index (χ2v) is 8.05. The van der Waals surface area contributed by atoms with Crippen LogP contribution < -0.4 is 10.1 Å². The highest BCUT2D eigenvalue weighted by molar-refractivity contribution is 6.42. The Morgan fingerprint density at radius 2 is 1.84 bits per heavy atom. The molecule has 1 heterocycles. The Hall–Kier alpha value is -3.21. The van der Waals surface area contributed by atoms with Crippen molar-refractivity contribution in [3.8, 4) is 16.9 Å². The van der Waals surface area contributed by atoms with Gasteiger partial charge in [0.25, 0.3) is 0 Å². The highest BCUT2D eigenvalue weighted by Gasteiger charge is 2.15. The SMILES string of the molecule is CCOc1cc2occ(-c3ccccc3)c2cc1/C(C)=C/C(=O)Nc1ccc(Cl)c(Cl)c1. The van der Waals surface area contributed by atoms with E-state index >= 15 is 0 Å². The van der Waals surface area contributed by atoms with Gasteiger partial charge in [0.1, 0.15) is 11.3 Å². The molecule has 0 aliphatic carbocycles. The maximum absolute atomic E-state index is 12.6. The van der Waals surface area contributed by atoms with Crippen LogP contribution in [0.25, 0.3) is 27.7 Å². The Labute approximate surface area is 196 Å². The molecule has 4 aromatic rings. The lowest BCUT2D eigenvalue weighted by molar-refractivity contribution is -0.111. The molecule has 0 saturated heterocycles. The van der Waals surface area contributed by atoms with Crippen LogP contribution >= 0.6 is 23.2 Å². The molecule has 162 valence electrons. The number of ether oxygens (including phenoxy) is 1. The van der Waals surface area contributed by atoms with Crippen LogP contribution in [0.4, 0.5) is 5.69 Å². The number of allylic oxidation sites excluding steroid dienone is 1. The minimum Gasteiger partial charge on any atom is -0.493 e. The van der Waals surface area contributed by atoms with E-state index in [0.29, 0.717) is 28.1 Å². The van der Waals surface area contributed by atoms with E-state index in [1.54, 1.807) is 24.5 Å². The van der Waals surface area contributed by atoms with Gasteiger partial charge in [-0.15, -0.1) is 0 Å². The molecule has 0 radical (unpaired) electrons. The highest BCUT2D eigenvalue weighted by Crippen LogP contribution is 2.37. The summed E-state index contributed by atoms with van der Waals surface area (Å²) in [5.41, 5.74) is 4.91. The number of fused-ring (bicyclic) bond motifs is 1. The Balaban J connectivity index is 1.71. The van der Waals surface area contributed by atoms with Crippen LogP contribution in [-0.2, 0) is 4.79 Å². The van der Waals surface area contributed by atoms with Crippen molar-refractivity contribution in [2.45, 2.75) is 13.8 Å². The Kier molecular flexibility index (Phi) is 6.54. The zero-order valence-corrected chi connectivity index (χ0v) is 19.1. The molecule has 0 aliphatic heterocycles. The third-order valence-electron chi connectivity index (χ3n) is 5.02. The van der Waals surface area contributed by atoms with Crippen molar-refractivity contribution in [3.05, 3.63) is 88.6 Å². The van der Waals surface area contributed by atoms with E-state index in [9.17, 15) is 4.79 Å². The summed E-state index contributed by atoms with van der Waals surface area (Å²) in [6.45, 7) is 4.29. The van der Waals surface area contributed by atoms with Gasteiger partial charge in [0.15, 0.2) is 0 Å². The van der Waals surface area contributed by atoms with Crippen LogP contribution in [0.15, 0.2) is 77.4 Å². The number of anilines is 1. The van der Waals surface area contributed by atoms with Crippen molar-refractivity contribution < 1.29 is 13.9 Å². The van der Waals surface area contributed by atoms with Crippen LogP contribution in [0.5, 0.6) is 5.75 Å². The zero-order chi connectivity index (χ0) is 22.7. The van der Waals surface area contributed by atoms with Gasteiger partial charge in [-0.05, 0) is 49.2 Å². The quantitative estimate of drug-likeness (QED) is 0.295. The Morgan fingerprint density at radius 3 is 2.56 bits per heavy atom. The van der Waals surface area contributed by atoms with E-state index in [-0.39, 0.29) is 5.91 Å². The first-order valence-corrected chi connectivity index (χ1v) is 10.9. The first-order chi connectivity index (χ1) is 15.5. The summed E-state index contributed by atoms with van der Waals surface area (Å²) in [7, 11) is 0. The number of hydrogen-bond acceptors (Lipinski definition) is 3. The molecule has 0 saturated carbocycles. The number of benzene rings is 3. The first kappa shape index (κ1) is 22.0. The summed E-state index contributed by atoms with van der Waals surface area (Å²) in [6, 6.07) is 18.8. The topological polar surface area (TPSA) is 51.5 Å². The third-order valence-corrected chi connectivity index (χ3v) is 5.76. The van der Waals surface area contributed by atoms with Gasteiger partial charge >= 0.3 is 0 Å². The average Bonchev–Trinajstić information content (AvgIpc) is 3.19. The predicted molar refractivity (Wildman–Crippen MR) is 132 cm³/mol.